The van der Waals surface area contributed by atoms with Crippen LogP contribution in [0.5, 0.6) is 0 Å². The van der Waals surface area contributed by atoms with E-state index in [1.165, 1.54) is 0 Å². The van der Waals surface area contributed by atoms with Gasteiger partial charge in [-0.15, -0.1) is 0 Å². The lowest BCUT2D eigenvalue weighted by Gasteiger charge is -2.36. The van der Waals surface area contributed by atoms with Crippen LogP contribution in [0.4, 0.5) is 11.4 Å². The molecule has 2 aromatic rings. The smallest absolute Gasteiger partial charge is 0.235 e. The Labute approximate surface area is 169 Å². The number of amides is 2. The van der Waals surface area contributed by atoms with E-state index in [0.717, 1.165) is 24.2 Å². The summed E-state index contributed by atoms with van der Waals surface area (Å²) in [7, 11) is 0. The summed E-state index contributed by atoms with van der Waals surface area (Å²) in [6.45, 7) is 1.75. The fourth-order valence-electron chi connectivity index (χ4n) is 4.11. The second kappa shape index (κ2) is 7.94. The van der Waals surface area contributed by atoms with E-state index in [9.17, 15) is 9.59 Å². The third-order valence-electron chi connectivity index (χ3n) is 5.66. The SMILES string of the molecule is O=C1CCCN1c1cccc(NC(=O)C2(c3ccccc3Cl)CCOCC2)c1. The number of rotatable bonds is 4. The van der Waals surface area contributed by atoms with Gasteiger partial charge in [-0.05, 0) is 49.1 Å². The maximum atomic E-state index is 13.4. The lowest BCUT2D eigenvalue weighted by Crippen LogP contribution is -2.45. The van der Waals surface area contributed by atoms with Gasteiger partial charge in [-0.2, -0.15) is 0 Å². The second-order valence-electron chi connectivity index (χ2n) is 7.33. The second-order valence-corrected chi connectivity index (χ2v) is 7.73. The van der Waals surface area contributed by atoms with Crippen LogP contribution in [0.1, 0.15) is 31.2 Å². The number of carbonyl (C=O) groups excluding carboxylic acids is 2. The predicted octanol–water partition coefficient (Wildman–Crippen LogP) is 4.15. The van der Waals surface area contributed by atoms with Gasteiger partial charge in [-0.3, -0.25) is 9.59 Å². The Hall–Kier alpha value is -2.37. The minimum Gasteiger partial charge on any atom is -0.381 e. The van der Waals surface area contributed by atoms with E-state index in [1.807, 2.05) is 48.5 Å². The summed E-state index contributed by atoms with van der Waals surface area (Å²) < 4.78 is 5.52. The molecular formula is C22H23ClN2O3. The number of hydrogen-bond acceptors (Lipinski definition) is 3. The zero-order valence-electron chi connectivity index (χ0n) is 15.6. The molecule has 4 rings (SSSR count). The van der Waals surface area contributed by atoms with Crippen molar-refractivity contribution in [1.82, 2.24) is 0 Å². The van der Waals surface area contributed by atoms with E-state index in [0.29, 0.717) is 43.2 Å². The number of nitrogens with zero attached hydrogens (tertiary/aromatic N) is 1. The number of carbonyl (C=O) groups is 2. The molecule has 0 aliphatic carbocycles. The van der Waals surface area contributed by atoms with Crippen LogP contribution in [0.3, 0.4) is 0 Å². The molecule has 146 valence electrons. The maximum absolute atomic E-state index is 13.4. The molecule has 6 heteroatoms. The Balaban J connectivity index is 1.62. The molecule has 28 heavy (non-hydrogen) atoms. The number of anilines is 2. The molecule has 0 unspecified atom stereocenters. The number of halogens is 1. The highest BCUT2D eigenvalue weighted by atomic mass is 35.5. The van der Waals surface area contributed by atoms with E-state index in [-0.39, 0.29) is 11.8 Å². The van der Waals surface area contributed by atoms with Crippen LogP contribution in [0.25, 0.3) is 0 Å². The molecule has 2 aromatic carbocycles. The Kier molecular flexibility index (Phi) is 5.38. The molecule has 0 aromatic heterocycles. The molecule has 2 amide bonds. The van der Waals surface area contributed by atoms with Gasteiger partial charge in [0.2, 0.25) is 11.8 Å². The maximum Gasteiger partial charge on any atom is 0.235 e. The molecule has 0 radical (unpaired) electrons. The Morgan fingerprint density at radius 3 is 2.61 bits per heavy atom. The van der Waals surface area contributed by atoms with Gasteiger partial charge < -0.3 is 15.0 Å². The van der Waals surface area contributed by atoms with Crippen molar-refractivity contribution in [3.63, 3.8) is 0 Å². The molecule has 2 saturated heterocycles. The van der Waals surface area contributed by atoms with Crippen LogP contribution in [0.15, 0.2) is 48.5 Å². The first-order chi connectivity index (χ1) is 13.6. The van der Waals surface area contributed by atoms with Crippen molar-refractivity contribution in [3.8, 4) is 0 Å². The molecule has 0 atom stereocenters. The van der Waals surface area contributed by atoms with Gasteiger partial charge in [0.1, 0.15) is 0 Å². The lowest BCUT2D eigenvalue weighted by atomic mass is 9.73. The molecule has 2 aliphatic rings. The van der Waals surface area contributed by atoms with Crippen LogP contribution < -0.4 is 10.2 Å². The van der Waals surface area contributed by atoms with E-state index < -0.39 is 5.41 Å². The van der Waals surface area contributed by atoms with Gasteiger partial charge in [0.25, 0.3) is 0 Å². The average Bonchev–Trinajstić information content (AvgIpc) is 3.15. The van der Waals surface area contributed by atoms with Gasteiger partial charge in [0, 0.05) is 42.6 Å². The largest absolute Gasteiger partial charge is 0.381 e. The Morgan fingerprint density at radius 1 is 1.11 bits per heavy atom. The van der Waals surface area contributed by atoms with Crippen LogP contribution in [-0.4, -0.2) is 31.6 Å². The first kappa shape index (κ1) is 19.0. The molecule has 0 bridgehead atoms. The van der Waals surface area contributed by atoms with Crippen molar-refractivity contribution in [2.75, 3.05) is 30.0 Å². The minimum atomic E-state index is -0.726. The standard InChI is InChI=1S/C22H23ClN2O3/c23-19-8-2-1-7-18(19)22(10-13-28-14-11-22)21(27)24-16-5-3-6-17(15-16)25-12-4-9-20(25)26/h1-3,5-8,15H,4,9-14H2,(H,24,27). The molecule has 1 N–H and O–H groups in total. The van der Waals surface area contributed by atoms with E-state index in [4.69, 9.17) is 16.3 Å². The van der Waals surface area contributed by atoms with Gasteiger partial charge in [0.15, 0.2) is 0 Å². The highest BCUT2D eigenvalue weighted by molar-refractivity contribution is 6.31. The van der Waals surface area contributed by atoms with Crippen LogP contribution in [-0.2, 0) is 19.7 Å². The van der Waals surface area contributed by atoms with Gasteiger partial charge >= 0.3 is 0 Å². The zero-order valence-corrected chi connectivity index (χ0v) is 16.4. The fraction of sp³-hybridized carbons (Fsp3) is 0.364. The van der Waals surface area contributed by atoms with Gasteiger partial charge in [0.05, 0.1) is 5.41 Å². The van der Waals surface area contributed by atoms with E-state index >= 15 is 0 Å². The molecule has 0 saturated carbocycles. The molecule has 2 fully saturated rings. The molecule has 0 spiro atoms. The van der Waals surface area contributed by atoms with Gasteiger partial charge in [-0.25, -0.2) is 0 Å². The van der Waals surface area contributed by atoms with Crippen molar-refractivity contribution in [1.29, 1.82) is 0 Å². The van der Waals surface area contributed by atoms with Crippen LogP contribution >= 0.6 is 11.6 Å². The van der Waals surface area contributed by atoms with Crippen LogP contribution in [0, 0.1) is 0 Å². The normalized spacial score (nSPS) is 18.9. The first-order valence-electron chi connectivity index (χ1n) is 9.65. The van der Waals surface area contributed by atoms with Crippen molar-refractivity contribution in [3.05, 3.63) is 59.1 Å². The van der Waals surface area contributed by atoms with Crippen molar-refractivity contribution < 1.29 is 14.3 Å². The average molecular weight is 399 g/mol. The number of ether oxygens (including phenoxy) is 1. The predicted molar refractivity (Wildman–Crippen MR) is 110 cm³/mol. The molecule has 5 nitrogen and oxygen atoms in total. The summed E-state index contributed by atoms with van der Waals surface area (Å²) in [6.07, 6.45) is 2.59. The fourth-order valence-corrected chi connectivity index (χ4v) is 4.43. The summed E-state index contributed by atoms with van der Waals surface area (Å²) in [6, 6.07) is 15.0. The number of benzene rings is 2. The highest BCUT2D eigenvalue weighted by Crippen LogP contribution is 2.40. The van der Waals surface area contributed by atoms with E-state index in [2.05, 4.69) is 5.32 Å². The summed E-state index contributed by atoms with van der Waals surface area (Å²) >= 11 is 6.46. The lowest BCUT2D eigenvalue weighted by molar-refractivity contribution is -0.125. The number of nitrogens with one attached hydrogen (secondary N) is 1. The topological polar surface area (TPSA) is 58.6 Å². The van der Waals surface area contributed by atoms with Crippen molar-refractivity contribution >= 4 is 34.8 Å². The highest BCUT2D eigenvalue weighted by Gasteiger charge is 2.43. The minimum absolute atomic E-state index is 0.0891. The first-order valence-corrected chi connectivity index (χ1v) is 10.0. The van der Waals surface area contributed by atoms with Crippen LogP contribution in [0.2, 0.25) is 5.02 Å². The van der Waals surface area contributed by atoms with Crippen molar-refractivity contribution in [2.45, 2.75) is 31.1 Å². The molecule has 2 heterocycles. The quantitative estimate of drug-likeness (QED) is 0.841. The molecule has 2 aliphatic heterocycles. The van der Waals surface area contributed by atoms with Gasteiger partial charge in [-0.1, -0.05) is 35.9 Å². The monoisotopic (exact) mass is 398 g/mol. The summed E-state index contributed by atoms with van der Waals surface area (Å²) in [5.41, 5.74) is 1.61. The summed E-state index contributed by atoms with van der Waals surface area (Å²) in [4.78, 5) is 27.2. The summed E-state index contributed by atoms with van der Waals surface area (Å²) in [5.74, 6) is 0.0363. The number of hydrogen-bond donors (Lipinski definition) is 1. The molecular weight excluding hydrogens is 376 g/mol. The Morgan fingerprint density at radius 2 is 1.89 bits per heavy atom. The van der Waals surface area contributed by atoms with E-state index in [1.54, 1.807) is 4.90 Å². The zero-order chi connectivity index (χ0) is 19.6. The summed E-state index contributed by atoms with van der Waals surface area (Å²) in [5, 5.41) is 3.66. The van der Waals surface area contributed by atoms with Crippen molar-refractivity contribution in [2.24, 2.45) is 0 Å². The third-order valence-corrected chi connectivity index (χ3v) is 5.99. The Bertz CT molecular complexity index is 893. The third kappa shape index (κ3) is 3.52.